The molecular formula is C11H15BrN2O3S. The minimum atomic E-state index is -3.66. The van der Waals surface area contributed by atoms with Crippen molar-refractivity contribution in [1.82, 2.24) is 9.21 Å². The van der Waals surface area contributed by atoms with Gasteiger partial charge in [0, 0.05) is 25.6 Å². The minimum absolute atomic E-state index is 0.152. The van der Waals surface area contributed by atoms with Crippen LogP contribution < -0.4 is 0 Å². The zero-order chi connectivity index (χ0) is 13.9. The van der Waals surface area contributed by atoms with Crippen molar-refractivity contribution in [2.75, 3.05) is 27.7 Å². The topological polar surface area (TPSA) is 57.7 Å². The van der Waals surface area contributed by atoms with E-state index in [-0.39, 0.29) is 17.3 Å². The number of carbonyl (C=O) groups excluding carboxylic acids is 1. The highest BCUT2D eigenvalue weighted by Crippen LogP contribution is 2.23. The van der Waals surface area contributed by atoms with Crippen molar-refractivity contribution in [3.8, 4) is 0 Å². The van der Waals surface area contributed by atoms with E-state index in [0.717, 1.165) is 4.31 Å². The Kier molecular flexibility index (Phi) is 4.89. The molecule has 0 N–H and O–H groups in total. The van der Waals surface area contributed by atoms with Crippen molar-refractivity contribution < 1.29 is 13.2 Å². The molecule has 0 saturated carbocycles. The fraction of sp³-hybridized carbons (Fsp3) is 0.364. The average Bonchev–Trinajstić information content (AvgIpc) is 2.28. The third-order valence-corrected chi connectivity index (χ3v) is 5.20. The lowest BCUT2D eigenvalue weighted by Gasteiger charge is -2.19. The van der Waals surface area contributed by atoms with Crippen LogP contribution in [-0.2, 0) is 14.8 Å². The summed E-state index contributed by atoms with van der Waals surface area (Å²) in [5, 5.41) is 0. The Morgan fingerprint density at radius 1 is 1.22 bits per heavy atom. The Morgan fingerprint density at radius 2 is 1.78 bits per heavy atom. The van der Waals surface area contributed by atoms with Crippen molar-refractivity contribution in [3.05, 3.63) is 28.7 Å². The molecule has 7 heteroatoms. The number of benzene rings is 1. The highest BCUT2D eigenvalue weighted by molar-refractivity contribution is 9.10. The molecule has 1 aromatic rings. The molecule has 0 aliphatic rings. The highest BCUT2D eigenvalue weighted by Gasteiger charge is 2.25. The summed E-state index contributed by atoms with van der Waals surface area (Å²) in [6.45, 7) is -0.184. The fourth-order valence-electron chi connectivity index (χ4n) is 1.24. The van der Waals surface area contributed by atoms with E-state index in [1.807, 2.05) is 0 Å². The van der Waals surface area contributed by atoms with Crippen LogP contribution in [0.25, 0.3) is 0 Å². The van der Waals surface area contributed by atoms with Gasteiger partial charge in [-0.3, -0.25) is 4.79 Å². The van der Waals surface area contributed by atoms with Crippen LogP contribution in [-0.4, -0.2) is 51.2 Å². The molecule has 0 radical (unpaired) electrons. The molecule has 1 rings (SSSR count). The van der Waals surface area contributed by atoms with Gasteiger partial charge in [-0.25, -0.2) is 8.42 Å². The Labute approximate surface area is 116 Å². The largest absolute Gasteiger partial charge is 0.348 e. The summed E-state index contributed by atoms with van der Waals surface area (Å²) in [7, 11) is 0.895. The van der Waals surface area contributed by atoms with E-state index >= 15 is 0 Å². The molecule has 0 spiro atoms. The lowest BCUT2D eigenvalue weighted by Crippen LogP contribution is -2.37. The SMILES string of the molecule is CN(C)C(=O)CN(C)S(=O)(=O)c1ccccc1Br. The van der Waals surface area contributed by atoms with E-state index in [9.17, 15) is 13.2 Å². The summed E-state index contributed by atoms with van der Waals surface area (Å²) in [4.78, 5) is 13.0. The molecule has 0 fully saturated rings. The highest BCUT2D eigenvalue weighted by atomic mass is 79.9. The molecule has 0 unspecified atom stereocenters. The van der Waals surface area contributed by atoms with Crippen LogP contribution in [0.4, 0.5) is 0 Å². The zero-order valence-electron chi connectivity index (χ0n) is 10.4. The van der Waals surface area contributed by atoms with Gasteiger partial charge in [0.25, 0.3) is 0 Å². The molecule has 0 aliphatic heterocycles. The Balaban J connectivity index is 3.01. The van der Waals surface area contributed by atoms with Gasteiger partial charge in [0.2, 0.25) is 15.9 Å². The van der Waals surface area contributed by atoms with Crippen LogP contribution in [0.1, 0.15) is 0 Å². The van der Waals surface area contributed by atoms with Gasteiger partial charge in [-0.05, 0) is 28.1 Å². The number of rotatable bonds is 4. The van der Waals surface area contributed by atoms with Gasteiger partial charge < -0.3 is 4.90 Å². The second-order valence-corrected chi connectivity index (χ2v) is 6.85. The summed E-state index contributed by atoms with van der Waals surface area (Å²) < 4.78 is 26.0. The van der Waals surface area contributed by atoms with Gasteiger partial charge in [0.15, 0.2) is 0 Å². The van der Waals surface area contributed by atoms with Gasteiger partial charge in [0.05, 0.1) is 11.4 Å². The molecule has 18 heavy (non-hydrogen) atoms. The predicted octanol–water partition coefficient (Wildman–Crippen LogP) is 1.16. The van der Waals surface area contributed by atoms with Gasteiger partial charge in [-0.2, -0.15) is 4.31 Å². The van der Waals surface area contributed by atoms with Crippen LogP contribution in [0.3, 0.4) is 0 Å². The first kappa shape index (κ1) is 15.1. The van der Waals surface area contributed by atoms with Crippen LogP contribution in [0.2, 0.25) is 0 Å². The van der Waals surface area contributed by atoms with Crippen LogP contribution in [0, 0.1) is 0 Å². The molecule has 0 atom stereocenters. The number of nitrogens with zero attached hydrogens (tertiary/aromatic N) is 2. The number of halogens is 1. The molecule has 5 nitrogen and oxygen atoms in total. The van der Waals surface area contributed by atoms with Crippen molar-refractivity contribution in [3.63, 3.8) is 0 Å². The standard InChI is InChI=1S/C11H15BrN2O3S/c1-13(2)11(15)8-14(3)18(16,17)10-7-5-4-6-9(10)12/h4-7H,8H2,1-3H3. The number of hydrogen-bond donors (Lipinski definition) is 0. The van der Waals surface area contributed by atoms with Crippen molar-refractivity contribution in [2.24, 2.45) is 0 Å². The van der Waals surface area contributed by atoms with Gasteiger partial charge in [-0.1, -0.05) is 12.1 Å². The molecule has 0 heterocycles. The first-order chi connectivity index (χ1) is 8.26. The first-order valence-electron chi connectivity index (χ1n) is 5.18. The van der Waals surface area contributed by atoms with E-state index in [2.05, 4.69) is 15.9 Å². The van der Waals surface area contributed by atoms with E-state index in [1.165, 1.54) is 18.0 Å². The number of hydrogen-bond acceptors (Lipinski definition) is 3. The maximum atomic E-state index is 12.2. The molecule has 1 amide bonds. The van der Waals surface area contributed by atoms with E-state index in [0.29, 0.717) is 4.47 Å². The summed E-state index contributed by atoms with van der Waals surface area (Å²) in [5.41, 5.74) is 0. The van der Waals surface area contributed by atoms with Gasteiger partial charge in [0.1, 0.15) is 0 Å². The Hall–Kier alpha value is -0.920. The molecule has 0 aliphatic carbocycles. The number of likely N-dealkylation sites (N-methyl/N-ethyl adjacent to an activating group) is 2. The number of amides is 1. The molecular weight excluding hydrogens is 320 g/mol. The zero-order valence-corrected chi connectivity index (χ0v) is 12.8. The maximum absolute atomic E-state index is 12.2. The maximum Gasteiger partial charge on any atom is 0.244 e. The summed E-state index contributed by atoms with van der Waals surface area (Å²) in [5.74, 6) is -0.270. The van der Waals surface area contributed by atoms with Crippen molar-refractivity contribution >= 4 is 31.9 Å². The van der Waals surface area contributed by atoms with Gasteiger partial charge in [-0.15, -0.1) is 0 Å². The normalized spacial score (nSPS) is 11.6. The molecule has 1 aromatic carbocycles. The first-order valence-corrected chi connectivity index (χ1v) is 7.41. The third kappa shape index (κ3) is 3.30. The Morgan fingerprint density at radius 3 is 2.28 bits per heavy atom. The van der Waals surface area contributed by atoms with Crippen molar-refractivity contribution in [1.29, 1.82) is 0 Å². The second kappa shape index (κ2) is 5.81. The molecule has 0 aromatic heterocycles. The van der Waals surface area contributed by atoms with E-state index in [1.54, 1.807) is 32.3 Å². The van der Waals surface area contributed by atoms with Crippen molar-refractivity contribution in [2.45, 2.75) is 4.90 Å². The number of sulfonamides is 1. The summed E-state index contributed by atoms with van der Waals surface area (Å²) in [6.07, 6.45) is 0. The molecule has 0 bridgehead atoms. The quantitative estimate of drug-likeness (QED) is 0.830. The van der Waals surface area contributed by atoms with Gasteiger partial charge >= 0.3 is 0 Å². The monoisotopic (exact) mass is 334 g/mol. The predicted molar refractivity (Wildman–Crippen MR) is 72.7 cm³/mol. The van der Waals surface area contributed by atoms with E-state index in [4.69, 9.17) is 0 Å². The summed E-state index contributed by atoms with van der Waals surface area (Å²) in [6, 6.07) is 6.51. The van der Waals surface area contributed by atoms with E-state index < -0.39 is 10.0 Å². The lowest BCUT2D eigenvalue weighted by atomic mass is 10.4. The average molecular weight is 335 g/mol. The number of carbonyl (C=O) groups is 1. The fourth-order valence-corrected chi connectivity index (χ4v) is 3.32. The Bertz CT molecular complexity index is 543. The molecule has 0 saturated heterocycles. The summed E-state index contributed by atoms with van der Waals surface area (Å²) >= 11 is 3.19. The van der Waals surface area contributed by atoms with Crippen LogP contribution in [0.5, 0.6) is 0 Å². The lowest BCUT2D eigenvalue weighted by molar-refractivity contribution is -0.128. The minimum Gasteiger partial charge on any atom is -0.348 e. The van der Waals surface area contributed by atoms with Crippen LogP contribution >= 0.6 is 15.9 Å². The molecule has 100 valence electrons. The second-order valence-electron chi connectivity index (χ2n) is 3.98. The third-order valence-electron chi connectivity index (χ3n) is 2.38. The van der Waals surface area contributed by atoms with Crippen LogP contribution in [0.15, 0.2) is 33.6 Å². The smallest absolute Gasteiger partial charge is 0.244 e.